The maximum Gasteiger partial charge on any atom is 0.149 e. The molecule has 3 aromatic rings. The highest BCUT2D eigenvalue weighted by Crippen LogP contribution is 2.30. The first-order valence-electron chi connectivity index (χ1n) is 8.46. The zero-order valence-electron chi connectivity index (χ0n) is 13.8. The minimum Gasteiger partial charge on any atom is -0.368 e. The van der Waals surface area contributed by atoms with Crippen molar-refractivity contribution in [2.24, 2.45) is 0 Å². The maximum atomic E-state index is 14.3. The first-order chi connectivity index (χ1) is 12.2. The van der Waals surface area contributed by atoms with Crippen molar-refractivity contribution in [2.75, 3.05) is 31.1 Å². The molecule has 2 aromatic carbocycles. The third kappa shape index (κ3) is 3.20. The van der Waals surface area contributed by atoms with Gasteiger partial charge in [-0.2, -0.15) is 0 Å². The van der Waals surface area contributed by atoms with Crippen molar-refractivity contribution in [3.8, 4) is 0 Å². The Morgan fingerprint density at radius 3 is 2.32 bits per heavy atom. The van der Waals surface area contributed by atoms with E-state index in [-0.39, 0.29) is 10.9 Å². The number of rotatable bonds is 3. The van der Waals surface area contributed by atoms with Gasteiger partial charge in [-0.1, -0.05) is 30.3 Å². The molecule has 1 saturated heterocycles. The molecule has 4 rings (SSSR count). The number of fused-ring (bicyclic) bond motifs is 1. The van der Waals surface area contributed by atoms with E-state index >= 15 is 0 Å². The number of halogens is 2. The molecule has 128 valence electrons. The van der Waals surface area contributed by atoms with Crippen LogP contribution in [0, 0.1) is 11.6 Å². The Balaban J connectivity index is 1.53. The Morgan fingerprint density at radius 1 is 0.840 bits per heavy atom. The highest BCUT2D eigenvalue weighted by molar-refractivity contribution is 5.92. The van der Waals surface area contributed by atoms with Crippen molar-refractivity contribution >= 4 is 16.6 Å². The molecular formula is C20H19F2N3. The van der Waals surface area contributed by atoms with Crippen LogP contribution in [0.25, 0.3) is 10.9 Å². The van der Waals surface area contributed by atoms with Crippen LogP contribution in [-0.2, 0) is 6.54 Å². The average Bonchev–Trinajstić information content (AvgIpc) is 2.66. The van der Waals surface area contributed by atoms with Crippen LogP contribution >= 0.6 is 0 Å². The first-order valence-corrected chi connectivity index (χ1v) is 8.46. The van der Waals surface area contributed by atoms with Gasteiger partial charge in [0.1, 0.15) is 17.2 Å². The lowest BCUT2D eigenvalue weighted by Crippen LogP contribution is -2.46. The van der Waals surface area contributed by atoms with Gasteiger partial charge in [-0.15, -0.1) is 0 Å². The van der Waals surface area contributed by atoms with E-state index in [4.69, 9.17) is 0 Å². The summed E-state index contributed by atoms with van der Waals surface area (Å²) >= 11 is 0. The second-order valence-corrected chi connectivity index (χ2v) is 6.33. The normalized spacial score (nSPS) is 15.7. The second kappa shape index (κ2) is 6.76. The van der Waals surface area contributed by atoms with Gasteiger partial charge in [0.15, 0.2) is 0 Å². The van der Waals surface area contributed by atoms with Crippen LogP contribution in [0.2, 0.25) is 0 Å². The summed E-state index contributed by atoms with van der Waals surface area (Å²) in [5, 5.41) is 0.277. The molecule has 2 heterocycles. The minimum absolute atomic E-state index is 0.101. The van der Waals surface area contributed by atoms with Crippen LogP contribution in [-0.4, -0.2) is 36.1 Å². The Labute approximate surface area is 145 Å². The Hall–Kier alpha value is -2.53. The summed E-state index contributed by atoms with van der Waals surface area (Å²) in [6.07, 6.45) is 1.55. The Kier molecular flexibility index (Phi) is 4.32. The standard InChI is InChI=1S/C20H19F2N3/c21-16-6-7-17(22)20-19(16)18(8-9-23-20)25-12-10-24(11-13-25)14-15-4-2-1-3-5-15/h1-9H,10-14H2. The van der Waals surface area contributed by atoms with Crippen LogP contribution in [0.3, 0.4) is 0 Å². The number of hydrogen-bond donors (Lipinski definition) is 0. The molecular weight excluding hydrogens is 320 g/mol. The molecule has 1 fully saturated rings. The summed E-state index contributed by atoms with van der Waals surface area (Å²) in [6, 6.07) is 14.4. The van der Waals surface area contributed by atoms with E-state index in [0.717, 1.165) is 44.5 Å². The molecule has 1 aromatic heterocycles. The third-order valence-electron chi connectivity index (χ3n) is 4.73. The molecule has 0 unspecified atom stereocenters. The van der Waals surface area contributed by atoms with Crippen molar-refractivity contribution in [1.82, 2.24) is 9.88 Å². The highest BCUT2D eigenvalue weighted by atomic mass is 19.1. The fourth-order valence-corrected chi connectivity index (χ4v) is 3.43. The smallest absolute Gasteiger partial charge is 0.149 e. The number of aromatic nitrogens is 1. The van der Waals surface area contributed by atoms with Crippen LogP contribution in [0.4, 0.5) is 14.5 Å². The summed E-state index contributed by atoms with van der Waals surface area (Å²) in [6.45, 7) is 4.24. The van der Waals surface area contributed by atoms with E-state index in [9.17, 15) is 8.78 Å². The molecule has 0 radical (unpaired) electrons. The first kappa shape index (κ1) is 16.0. The van der Waals surface area contributed by atoms with Crippen LogP contribution < -0.4 is 4.90 Å². The summed E-state index contributed by atoms with van der Waals surface area (Å²) in [5.41, 5.74) is 2.11. The SMILES string of the molecule is Fc1ccc(F)c2c(N3CCN(Cc4ccccc4)CC3)ccnc12. The van der Waals surface area contributed by atoms with Crippen molar-refractivity contribution < 1.29 is 8.78 Å². The van der Waals surface area contributed by atoms with E-state index in [1.165, 1.54) is 11.6 Å². The molecule has 0 atom stereocenters. The van der Waals surface area contributed by atoms with Crippen molar-refractivity contribution in [3.05, 3.63) is 71.9 Å². The van der Waals surface area contributed by atoms with Gasteiger partial charge >= 0.3 is 0 Å². The monoisotopic (exact) mass is 339 g/mol. The van der Waals surface area contributed by atoms with Gasteiger partial charge in [0.2, 0.25) is 0 Å². The molecule has 1 aliphatic heterocycles. The van der Waals surface area contributed by atoms with Gasteiger partial charge < -0.3 is 4.90 Å². The fourth-order valence-electron chi connectivity index (χ4n) is 3.43. The number of piperazine rings is 1. The number of anilines is 1. The molecule has 5 heteroatoms. The number of hydrogen-bond acceptors (Lipinski definition) is 3. The molecule has 0 amide bonds. The zero-order chi connectivity index (χ0) is 17.2. The van der Waals surface area contributed by atoms with Gasteiger partial charge in [0.25, 0.3) is 0 Å². The molecule has 25 heavy (non-hydrogen) atoms. The maximum absolute atomic E-state index is 14.3. The summed E-state index contributed by atoms with van der Waals surface area (Å²) < 4.78 is 28.3. The number of pyridine rings is 1. The lowest BCUT2D eigenvalue weighted by molar-refractivity contribution is 0.250. The predicted octanol–water partition coefficient (Wildman–Crippen LogP) is 3.84. The van der Waals surface area contributed by atoms with Gasteiger partial charge in [-0.05, 0) is 23.8 Å². The largest absolute Gasteiger partial charge is 0.368 e. The van der Waals surface area contributed by atoms with Gasteiger partial charge in [-0.3, -0.25) is 9.88 Å². The minimum atomic E-state index is -0.485. The van der Waals surface area contributed by atoms with Gasteiger partial charge in [0.05, 0.1) is 11.1 Å². The predicted molar refractivity (Wildman–Crippen MR) is 95.6 cm³/mol. The van der Waals surface area contributed by atoms with Crippen molar-refractivity contribution in [2.45, 2.75) is 6.54 Å². The van der Waals surface area contributed by atoms with Gasteiger partial charge in [0, 0.05) is 38.9 Å². The van der Waals surface area contributed by atoms with E-state index in [0.29, 0.717) is 0 Å². The van der Waals surface area contributed by atoms with Gasteiger partial charge in [-0.25, -0.2) is 8.78 Å². The van der Waals surface area contributed by atoms with E-state index < -0.39 is 11.6 Å². The third-order valence-corrected chi connectivity index (χ3v) is 4.73. The van der Waals surface area contributed by atoms with Crippen LogP contribution in [0.1, 0.15) is 5.56 Å². The van der Waals surface area contributed by atoms with E-state index in [2.05, 4.69) is 26.9 Å². The van der Waals surface area contributed by atoms with Crippen LogP contribution in [0.5, 0.6) is 0 Å². The Morgan fingerprint density at radius 2 is 1.56 bits per heavy atom. The second-order valence-electron chi connectivity index (χ2n) is 6.33. The average molecular weight is 339 g/mol. The summed E-state index contributed by atoms with van der Waals surface area (Å²) in [5.74, 6) is -0.910. The summed E-state index contributed by atoms with van der Waals surface area (Å²) in [4.78, 5) is 8.52. The molecule has 0 bridgehead atoms. The fraction of sp³-hybridized carbons (Fsp3) is 0.250. The number of benzene rings is 2. The molecule has 0 saturated carbocycles. The molecule has 0 aliphatic carbocycles. The quantitative estimate of drug-likeness (QED) is 0.723. The highest BCUT2D eigenvalue weighted by Gasteiger charge is 2.21. The van der Waals surface area contributed by atoms with Crippen LogP contribution in [0.15, 0.2) is 54.7 Å². The molecule has 3 nitrogen and oxygen atoms in total. The van der Waals surface area contributed by atoms with E-state index in [1.807, 2.05) is 18.2 Å². The Bertz CT molecular complexity index is 875. The zero-order valence-corrected chi connectivity index (χ0v) is 13.8. The molecule has 0 N–H and O–H groups in total. The lowest BCUT2D eigenvalue weighted by Gasteiger charge is -2.36. The van der Waals surface area contributed by atoms with E-state index in [1.54, 1.807) is 12.3 Å². The van der Waals surface area contributed by atoms with Crippen molar-refractivity contribution in [1.29, 1.82) is 0 Å². The lowest BCUT2D eigenvalue weighted by atomic mass is 10.1. The molecule has 1 aliphatic rings. The topological polar surface area (TPSA) is 19.4 Å². The number of nitrogens with zero attached hydrogens (tertiary/aromatic N) is 3. The molecule has 0 spiro atoms. The summed E-state index contributed by atoms with van der Waals surface area (Å²) in [7, 11) is 0. The van der Waals surface area contributed by atoms with Crippen molar-refractivity contribution in [3.63, 3.8) is 0 Å².